The maximum absolute atomic E-state index is 13.1. The van der Waals surface area contributed by atoms with Crippen LogP contribution in [0.2, 0.25) is 0 Å². The monoisotopic (exact) mass is 308 g/mol. The predicted octanol–water partition coefficient (Wildman–Crippen LogP) is 2.65. The Hall–Kier alpha value is -1.92. The molecule has 0 heterocycles. The van der Waals surface area contributed by atoms with Crippen molar-refractivity contribution in [2.75, 3.05) is 11.8 Å². The molecule has 0 aliphatic rings. The SMILES string of the molecule is CNCc1cccc(NS(=O)(=O)c2ccc(F)cc2C)c1. The predicted molar refractivity (Wildman–Crippen MR) is 81.2 cm³/mol. The number of aryl methyl sites for hydroxylation is 1. The van der Waals surface area contributed by atoms with Gasteiger partial charge in [-0.2, -0.15) is 0 Å². The van der Waals surface area contributed by atoms with Gasteiger partial charge in [-0.05, 0) is 55.4 Å². The van der Waals surface area contributed by atoms with Gasteiger partial charge < -0.3 is 5.32 Å². The number of nitrogens with one attached hydrogen (secondary N) is 2. The summed E-state index contributed by atoms with van der Waals surface area (Å²) in [5.74, 6) is -0.456. The van der Waals surface area contributed by atoms with Gasteiger partial charge in [0.05, 0.1) is 4.90 Å². The summed E-state index contributed by atoms with van der Waals surface area (Å²) < 4.78 is 40.3. The van der Waals surface area contributed by atoms with Gasteiger partial charge in [-0.15, -0.1) is 0 Å². The first-order valence-corrected chi connectivity index (χ1v) is 7.93. The number of sulfonamides is 1. The highest BCUT2D eigenvalue weighted by molar-refractivity contribution is 7.92. The topological polar surface area (TPSA) is 58.2 Å². The van der Waals surface area contributed by atoms with Crippen molar-refractivity contribution in [2.24, 2.45) is 0 Å². The molecule has 0 aliphatic carbocycles. The van der Waals surface area contributed by atoms with E-state index in [1.165, 1.54) is 12.1 Å². The highest BCUT2D eigenvalue weighted by atomic mass is 32.2. The number of hydrogen-bond acceptors (Lipinski definition) is 3. The fourth-order valence-corrected chi connectivity index (χ4v) is 3.35. The van der Waals surface area contributed by atoms with Crippen LogP contribution in [-0.4, -0.2) is 15.5 Å². The van der Waals surface area contributed by atoms with Crippen molar-refractivity contribution < 1.29 is 12.8 Å². The zero-order chi connectivity index (χ0) is 15.5. The van der Waals surface area contributed by atoms with Crippen molar-refractivity contribution >= 4 is 15.7 Å². The quantitative estimate of drug-likeness (QED) is 0.893. The number of hydrogen-bond donors (Lipinski definition) is 2. The molecule has 2 N–H and O–H groups in total. The minimum atomic E-state index is -3.73. The van der Waals surface area contributed by atoms with E-state index in [1.807, 2.05) is 13.1 Å². The summed E-state index contributed by atoms with van der Waals surface area (Å²) in [7, 11) is -1.91. The van der Waals surface area contributed by atoms with Crippen molar-refractivity contribution in [3.8, 4) is 0 Å². The highest BCUT2D eigenvalue weighted by Crippen LogP contribution is 2.20. The molecular weight excluding hydrogens is 291 g/mol. The lowest BCUT2D eigenvalue weighted by molar-refractivity contribution is 0.598. The Kier molecular flexibility index (Phi) is 4.59. The van der Waals surface area contributed by atoms with Gasteiger partial charge in [0.2, 0.25) is 0 Å². The van der Waals surface area contributed by atoms with Crippen LogP contribution in [0.1, 0.15) is 11.1 Å². The Morgan fingerprint density at radius 1 is 1.14 bits per heavy atom. The number of rotatable bonds is 5. The van der Waals surface area contributed by atoms with E-state index in [0.717, 1.165) is 11.6 Å². The Morgan fingerprint density at radius 3 is 2.57 bits per heavy atom. The third kappa shape index (κ3) is 3.80. The Morgan fingerprint density at radius 2 is 1.90 bits per heavy atom. The van der Waals surface area contributed by atoms with E-state index in [2.05, 4.69) is 10.0 Å². The molecule has 2 aromatic rings. The Bertz CT molecular complexity index is 745. The third-order valence-electron chi connectivity index (χ3n) is 2.99. The van der Waals surface area contributed by atoms with Gasteiger partial charge in [0.25, 0.3) is 10.0 Å². The van der Waals surface area contributed by atoms with E-state index in [-0.39, 0.29) is 4.90 Å². The minimum absolute atomic E-state index is 0.0721. The molecule has 6 heteroatoms. The van der Waals surface area contributed by atoms with Crippen molar-refractivity contribution in [1.82, 2.24) is 5.32 Å². The van der Waals surface area contributed by atoms with Gasteiger partial charge in [-0.3, -0.25) is 4.72 Å². The Balaban J connectivity index is 2.31. The van der Waals surface area contributed by atoms with Crippen molar-refractivity contribution in [3.05, 3.63) is 59.4 Å². The molecule has 0 spiro atoms. The van der Waals surface area contributed by atoms with E-state index in [9.17, 15) is 12.8 Å². The van der Waals surface area contributed by atoms with Crippen LogP contribution < -0.4 is 10.0 Å². The minimum Gasteiger partial charge on any atom is -0.316 e. The summed E-state index contributed by atoms with van der Waals surface area (Å²) in [5, 5.41) is 3.00. The molecule has 21 heavy (non-hydrogen) atoms. The van der Waals surface area contributed by atoms with Gasteiger partial charge >= 0.3 is 0 Å². The van der Waals surface area contributed by atoms with Crippen LogP contribution in [0.3, 0.4) is 0 Å². The van der Waals surface area contributed by atoms with E-state index in [1.54, 1.807) is 25.1 Å². The lowest BCUT2D eigenvalue weighted by Crippen LogP contribution is -2.15. The van der Waals surface area contributed by atoms with E-state index < -0.39 is 15.8 Å². The standard InChI is InChI=1S/C15H17FN2O2S/c1-11-8-13(16)6-7-15(11)21(19,20)18-14-5-3-4-12(9-14)10-17-2/h3-9,17-18H,10H2,1-2H3. The molecule has 2 aromatic carbocycles. The Labute approximate surface area is 124 Å². The zero-order valence-corrected chi connectivity index (χ0v) is 12.7. The fourth-order valence-electron chi connectivity index (χ4n) is 2.07. The second kappa shape index (κ2) is 6.24. The summed E-state index contributed by atoms with van der Waals surface area (Å²) in [6.07, 6.45) is 0. The van der Waals surface area contributed by atoms with E-state index in [0.29, 0.717) is 17.8 Å². The van der Waals surface area contributed by atoms with Crippen LogP contribution in [0.4, 0.5) is 10.1 Å². The van der Waals surface area contributed by atoms with E-state index >= 15 is 0 Å². The summed E-state index contributed by atoms with van der Waals surface area (Å²) >= 11 is 0. The molecular formula is C15H17FN2O2S. The second-order valence-corrected chi connectivity index (χ2v) is 6.40. The summed E-state index contributed by atoms with van der Waals surface area (Å²) in [4.78, 5) is 0.0721. The average molecular weight is 308 g/mol. The number of halogens is 1. The highest BCUT2D eigenvalue weighted by Gasteiger charge is 2.17. The van der Waals surface area contributed by atoms with Crippen LogP contribution in [0.5, 0.6) is 0 Å². The molecule has 0 unspecified atom stereocenters. The molecule has 0 amide bonds. The largest absolute Gasteiger partial charge is 0.316 e. The van der Waals surface area contributed by atoms with Crippen molar-refractivity contribution in [1.29, 1.82) is 0 Å². The molecule has 0 aliphatic heterocycles. The van der Waals surface area contributed by atoms with Crippen LogP contribution >= 0.6 is 0 Å². The molecule has 112 valence electrons. The van der Waals surface area contributed by atoms with Gasteiger partial charge in [0, 0.05) is 12.2 Å². The molecule has 0 saturated heterocycles. The maximum Gasteiger partial charge on any atom is 0.262 e. The summed E-state index contributed by atoms with van der Waals surface area (Å²) in [6, 6.07) is 10.7. The van der Waals surface area contributed by atoms with Crippen molar-refractivity contribution in [2.45, 2.75) is 18.4 Å². The number of benzene rings is 2. The number of anilines is 1. The van der Waals surface area contributed by atoms with E-state index in [4.69, 9.17) is 0 Å². The first-order chi connectivity index (χ1) is 9.92. The molecule has 2 rings (SSSR count). The van der Waals surface area contributed by atoms with Crippen LogP contribution in [0, 0.1) is 12.7 Å². The summed E-state index contributed by atoms with van der Waals surface area (Å²) in [5.41, 5.74) is 1.81. The van der Waals surface area contributed by atoms with Gasteiger partial charge in [0.1, 0.15) is 5.82 Å². The molecule has 0 atom stereocenters. The first-order valence-electron chi connectivity index (χ1n) is 6.45. The lowest BCUT2D eigenvalue weighted by atomic mass is 10.2. The first kappa shape index (κ1) is 15.5. The van der Waals surface area contributed by atoms with Gasteiger partial charge in [-0.25, -0.2) is 12.8 Å². The smallest absolute Gasteiger partial charge is 0.262 e. The van der Waals surface area contributed by atoms with Crippen LogP contribution in [-0.2, 0) is 16.6 Å². The van der Waals surface area contributed by atoms with Gasteiger partial charge in [-0.1, -0.05) is 12.1 Å². The molecule has 0 radical (unpaired) electrons. The average Bonchev–Trinajstić information content (AvgIpc) is 2.38. The zero-order valence-electron chi connectivity index (χ0n) is 11.9. The maximum atomic E-state index is 13.1. The van der Waals surface area contributed by atoms with Gasteiger partial charge in [0.15, 0.2) is 0 Å². The lowest BCUT2D eigenvalue weighted by Gasteiger charge is -2.11. The molecule has 0 fully saturated rings. The van der Waals surface area contributed by atoms with Crippen molar-refractivity contribution in [3.63, 3.8) is 0 Å². The molecule has 4 nitrogen and oxygen atoms in total. The molecule has 0 saturated carbocycles. The normalized spacial score (nSPS) is 11.4. The third-order valence-corrected chi connectivity index (χ3v) is 4.53. The second-order valence-electron chi connectivity index (χ2n) is 4.75. The molecule has 0 aromatic heterocycles. The summed E-state index contributed by atoms with van der Waals surface area (Å²) in [6.45, 7) is 2.21. The van der Waals surface area contributed by atoms with Crippen LogP contribution in [0.15, 0.2) is 47.4 Å². The molecule has 0 bridgehead atoms. The van der Waals surface area contributed by atoms with Crippen LogP contribution in [0.25, 0.3) is 0 Å². The fraction of sp³-hybridized carbons (Fsp3) is 0.200.